The first kappa shape index (κ1) is 19.4. The van der Waals surface area contributed by atoms with Gasteiger partial charge in [0.05, 0.1) is 16.3 Å². The maximum Gasteiger partial charge on any atom is 0.262 e. The minimum Gasteiger partial charge on any atom is -0.506 e. The van der Waals surface area contributed by atoms with Crippen molar-refractivity contribution in [2.24, 2.45) is 0 Å². The summed E-state index contributed by atoms with van der Waals surface area (Å²) in [5.41, 5.74) is 0.658. The highest BCUT2D eigenvalue weighted by Gasteiger charge is 2.20. The van der Waals surface area contributed by atoms with Crippen molar-refractivity contribution in [1.29, 1.82) is 0 Å². The molecule has 0 unspecified atom stereocenters. The van der Waals surface area contributed by atoms with Crippen LogP contribution in [0.1, 0.15) is 15.9 Å². The molecule has 28 heavy (non-hydrogen) atoms. The number of para-hydroxylation sites is 3. The van der Waals surface area contributed by atoms with Crippen LogP contribution < -0.4 is 10.0 Å². The smallest absolute Gasteiger partial charge is 0.262 e. The van der Waals surface area contributed by atoms with Gasteiger partial charge in [0.1, 0.15) is 11.6 Å². The van der Waals surface area contributed by atoms with Gasteiger partial charge in [-0.2, -0.15) is 0 Å². The molecule has 0 saturated carbocycles. The molecule has 1 amide bonds. The number of hydrogen-bond acceptors (Lipinski definition) is 4. The second-order valence-corrected chi connectivity index (χ2v) is 7.72. The molecule has 3 aromatic carbocycles. The number of amides is 1. The molecule has 0 aliphatic heterocycles. The van der Waals surface area contributed by atoms with Gasteiger partial charge in [0, 0.05) is 5.56 Å². The standard InChI is InChI=1S/C20H17FN2O4S/c1-13-10-11-14(28(26,27)23-17-7-3-2-6-16(17)21)12-15(13)20(25)22-18-8-4-5-9-19(18)24/h2-12,23-24H,1H3,(H,22,25). The number of benzene rings is 3. The third-order valence-electron chi connectivity index (χ3n) is 4.03. The average Bonchev–Trinajstić information content (AvgIpc) is 2.65. The van der Waals surface area contributed by atoms with E-state index in [-0.39, 0.29) is 27.6 Å². The monoisotopic (exact) mass is 400 g/mol. The van der Waals surface area contributed by atoms with Crippen LogP contribution in [-0.2, 0) is 10.0 Å². The van der Waals surface area contributed by atoms with Crippen molar-refractivity contribution in [2.75, 3.05) is 10.0 Å². The van der Waals surface area contributed by atoms with E-state index in [0.717, 1.165) is 6.07 Å². The number of halogens is 1. The molecule has 144 valence electrons. The van der Waals surface area contributed by atoms with E-state index in [9.17, 15) is 22.7 Å². The molecule has 0 spiro atoms. The van der Waals surface area contributed by atoms with Gasteiger partial charge in [-0.1, -0.05) is 30.3 Å². The molecule has 3 aromatic rings. The van der Waals surface area contributed by atoms with E-state index in [0.29, 0.717) is 5.56 Å². The first-order valence-corrected chi connectivity index (χ1v) is 9.73. The minimum atomic E-state index is -4.11. The Morgan fingerprint density at radius 3 is 2.29 bits per heavy atom. The Bertz CT molecular complexity index is 1150. The van der Waals surface area contributed by atoms with Gasteiger partial charge in [-0.15, -0.1) is 0 Å². The van der Waals surface area contributed by atoms with Crippen LogP contribution in [0.2, 0.25) is 0 Å². The quantitative estimate of drug-likeness (QED) is 0.566. The number of phenols is 1. The highest BCUT2D eigenvalue weighted by Crippen LogP contribution is 2.25. The predicted molar refractivity (Wildman–Crippen MR) is 104 cm³/mol. The van der Waals surface area contributed by atoms with E-state index in [1.54, 1.807) is 19.1 Å². The highest BCUT2D eigenvalue weighted by atomic mass is 32.2. The Labute approximate surface area is 161 Å². The number of hydrogen-bond donors (Lipinski definition) is 3. The molecule has 6 nitrogen and oxygen atoms in total. The maximum atomic E-state index is 13.8. The van der Waals surface area contributed by atoms with Crippen molar-refractivity contribution in [1.82, 2.24) is 0 Å². The number of carbonyl (C=O) groups excluding carboxylic acids is 1. The molecular formula is C20H17FN2O4S. The summed E-state index contributed by atoms with van der Waals surface area (Å²) >= 11 is 0. The molecule has 0 radical (unpaired) electrons. The van der Waals surface area contributed by atoms with Gasteiger partial charge in [-0.05, 0) is 48.9 Å². The van der Waals surface area contributed by atoms with Gasteiger partial charge in [-0.3, -0.25) is 9.52 Å². The van der Waals surface area contributed by atoms with Crippen LogP contribution in [0.5, 0.6) is 5.75 Å². The van der Waals surface area contributed by atoms with Crippen molar-refractivity contribution in [3.05, 3.63) is 83.7 Å². The average molecular weight is 400 g/mol. The van der Waals surface area contributed by atoms with Gasteiger partial charge < -0.3 is 10.4 Å². The van der Waals surface area contributed by atoms with Crippen molar-refractivity contribution < 1.29 is 22.7 Å². The summed E-state index contributed by atoms with van der Waals surface area (Å²) in [6, 6.07) is 15.6. The third-order valence-corrected chi connectivity index (χ3v) is 5.40. The fraction of sp³-hybridized carbons (Fsp3) is 0.0500. The Morgan fingerprint density at radius 2 is 1.61 bits per heavy atom. The maximum absolute atomic E-state index is 13.8. The molecule has 0 heterocycles. The Morgan fingerprint density at radius 1 is 0.964 bits per heavy atom. The van der Waals surface area contributed by atoms with E-state index >= 15 is 0 Å². The Kier molecular flexibility index (Phi) is 5.32. The molecule has 3 N–H and O–H groups in total. The molecule has 3 rings (SSSR count). The zero-order valence-electron chi connectivity index (χ0n) is 14.8. The first-order chi connectivity index (χ1) is 13.3. The van der Waals surface area contributed by atoms with Gasteiger partial charge in [0.2, 0.25) is 0 Å². The summed E-state index contributed by atoms with van der Waals surface area (Å²) in [4.78, 5) is 12.4. The van der Waals surface area contributed by atoms with E-state index < -0.39 is 21.7 Å². The summed E-state index contributed by atoms with van der Waals surface area (Å²) in [7, 11) is -4.11. The van der Waals surface area contributed by atoms with Gasteiger partial charge >= 0.3 is 0 Å². The molecule has 0 aliphatic rings. The van der Waals surface area contributed by atoms with Crippen LogP contribution in [-0.4, -0.2) is 19.4 Å². The van der Waals surface area contributed by atoms with Crippen molar-refractivity contribution in [3.63, 3.8) is 0 Å². The second-order valence-electron chi connectivity index (χ2n) is 6.03. The van der Waals surface area contributed by atoms with Crippen molar-refractivity contribution in [2.45, 2.75) is 11.8 Å². The number of nitrogens with one attached hydrogen (secondary N) is 2. The number of anilines is 2. The second kappa shape index (κ2) is 7.69. The lowest BCUT2D eigenvalue weighted by molar-refractivity contribution is 0.102. The van der Waals surface area contributed by atoms with Crippen LogP contribution in [0.3, 0.4) is 0 Å². The fourth-order valence-electron chi connectivity index (χ4n) is 2.53. The van der Waals surface area contributed by atoms with E-state index in [1.807, 2.05) is 0 Å². The zero-order valence-corrected chi connectivity index (χ0v) is 15.6. The van der Waals surface area contributed by atoms with E-state index in [4.69, 9.17) is 0 Å². The summed E-state index contributed by atoms with van der Waals surface area (Å²) in [5.74, 6) is -1.41. The zero-order chi connectivity index (χ0) is 20.3. The SMILES string of the molecule is Cc1ccc(S(=O)(=O)Nc2ccccc2F)cc1C(=O)Nc1ccccc1O. The number of sulfonamides is 1. The fourth-order valence-corrected chi connectivity index (χ4v) is 3.62. The molecule has 8 heteroatoms. The largest absolute Gasteiger partial charge is 0.506 e. The van der Waals surface area contributed by atoms with Gasteiger partial charge in [0.15, 0.2) is 0 Å². The summed E-state index contributed by atoms with van der Waals surface area (Å²) < 4.78 is 41.2. The lowest BCUT2D eigenvalue weighted by Gasteiger charge is -2.12. The predicted octanol–water partition coefficient (Wildman–Crippen LogP) is 3.89. The molecule has 0 fully saturated rings. The molecular weight excluding hydrogens is 383 g/mol. The van der Waals surface area contributed by atoms with Crippen LogP contribution in [0.25, 0.3) is 0 Å². The Balaban J connectivity index is 1.91. The minimum absolute atomic E-state index is 0.111. The van der Waals surface area contributed by atoms with Crippen molar-refractivity contribution in [3.8, 4) is 5.75 Å². The molecule has 0 bridgehead atoms. The normalized spacial score (nSPS) is 11.1. The Hall–Kier alpha value is -3.39. The van der Waals surface area contributed by atoms with Gasteiger partial charge in [0.25, 0.3) is 15.9 Å². The third kappa shape index (κ3) is 4.12. The number of phenolic OH excluding ortho intramolecular Hbond substituents is 1. The van der Waals surface area contributed by atoms with Crippen LogP contribution in [0, 0.1) is 12.7 Å². The molecule has 0 atom stereocenters. The summed E-state index contributed by atoms with van der Waals surface area (Å²) in [5, 5.41) is 12.3. The summed E-state index contributed by atoms with van der Waals surface area (Å²) in [6.45, 7) is 1.65. The number of aromatic hydroxyl groups is 1. The van der Waals surface area contributed by atoms with Gasteiger partial charge in [-0.25, -0.2) is 12.8 Å². The van der Waals surface area contributed by atoms with Crippen molar-refractivity contribution >= 4 is 27.3 Å². The lowest BCUT2D eigenvalue weighted by atomic mass is 10.1. The van der Waals surface area contributed by atoms with Crippen LogP contribution in [0.4, 0.5) is 15.8 Å². The highest BCUT2D eigenvalue weighted by molar-refractivity contribution is 7.92. The topological polar surface area (TPSA) is 95.5 Å². The number of aryl methyl sites for hydroxylation is 1. The number of carbonyl (C=O) groups is 1. The summed E-state index contributed by atoms with van der Waals surface area (Å²) in [6.07, 6.45) is 0. The molecule has 0 aromatic heterocycles. The molecule has 0 saturated heterocycles. The van der Waals surface area contributed by atoms with Crippen LogP contribution in [0.15, 0.2) is 71.6 Å². The lowest BCUT2D eigenvalue weighted by Crippen LogP contribution is -2.17. The molecule has 0 aliphatic carbocycles. The van der Waals surface area contributed by atoms with E-state index in [2.05, 4.69) is 10.0 Å². The van der Waals surface area contributed by atoms with E-state index in [1.165, 1.54) is 48.5 Å². The number of rotatable bonds is 5. The first-order valence-electron chi connectivity index (χ1n) is 8.25. The van der Waals surface area contributed by atoms with Crippen LogP contribution >= 0.6 is 0 Å².